The van der Waals surface area contributed by atoms with Gasteiger partial charge in [-0.25, -0.2) is 0 Å². The second-order valence-electron chi connectivity index (χ2n) is 4.87. The smallest absolute Gasteiger partial charge is 0.322 e. The number of hydrogen-bond donors (Lipinski definition) is 2. The van der Waals surface area contributed by atoms with E-state index >= 15 is 0 Å². The number of hydrogen-bond acceptors (Lipinski definition) is 2. The van der Waals surface area contributed by atoms with Crippen LogP contribution in [0, 0.1) is 0 Å². The second-order valence-corrected chi connectivity index (χ2v) is 4.87. The Balaban J connectivity index is 2.98. The van der Waals surface area contributed by atoms with E-state index in [0.29, 0.717) is 5.56 Å². The molecule has 1 rings (SSSR count). The number of carboxylic acids is 1. The molecule has 1 aromatic carbocycles. The van der Waals surface area contributed by atoms with E-state index < -0.39 is 5.97 Å². The number of amides is 1. The lowest BCUT2D eigenvalue weighted by Gasteiger charge is -2.22. The Kier molecular flexibility index (Phi) is 3.89. The zero-order valence-corrected chi connectivity index (χ0v) is 10.3. The average molecular weight is 235 g/mol. The number of nitrogens with one attached hydrogen (secondary N) is 1. The molecule has 1 aromatic rings. The molecule has 0 saturated carbocycles. The van der Waals surface area contributed by atoms with Gasteiger partial charge in [0.2, 0.25) is 0 Å². The van der Waals surface area contributed by atoms with Gasteiger partial charge in [0.05, 0.1) is 0 Å². The monoisotopic (exact) mass is 235 g/mol. The van der Waals surface area contributed by atoms with Crippen LogP contribution in [0.2, 0.25) is 0 Å². The summed E-state index contributed by atoms with van der Waals surface area (Å²) in [6.07, 6.45) is 0. The number of rotatable bonds is 3. The van der Waals surface area contributed by atoms with Crippen LogP contribution in [0.5, 0.6) is 0 Å². The molecule has 0 saturated heterocycles. The molecule has 4 nitrogen and oxygen atoms in total. The van der Waals surface area contributed by atoms with E-state index in [-0.39, 0.29) is 17.9 Å². The Hall–Kier alpha value is -1.84. The van der Waals surface area contributed by atoms with Crippen molar-refractivity contribution < 1.29 is 14.7 Å². The molecule has 1 amide bonds. The zero-order chi connectivity index (χ0) is 13.1. The molecule has 0 aliphatic rings. The van der Waals surface area contributed by atoms with Gasteiger partial charge in [0, 0.05) is 5.56 Å². The number of carbonyl (C=O) groups excluding carboxylic acids is 1. The van der Waals surface area contributed by atoms with Crippen molar-refractivity contribution in [1.29, 1.82) is 0 Å². The van der Waals surface area contributed by atoms with Crippen LogP contribution in [-0.2, 0) is 10.2 Å². The fourth-order valence-corrected chi connectivity index (χ4v) is 1.59. The van der Waals surface area contributed by atoms with E-state index in [1.807, 2.05) is 32.9 Å². The topological polar surface area (TPSA) is 66.4 Å². The van der Waals surface area contributed by atoms with Crippen molar-refractivity contribution in [3.63, 3.8) is 0 Å². The summed E-state index contributed by atoms with van der Waals surface area (Å²) >= 11 is 0. The van der Waals surface area contributed by atoms with Gasteiger partial charge in [0.15, 0.2) is 0 Å². The van der Waals surface area contributed by atoms with Crippen molar-refractivity contribution in [2.75, 3.05) is 6.54 Å². The maximum Gasteiger partial charge on any atom is 0.322 e. The number of aliphatic carboxylic acids is 1. The van der Waals surface area contributed by atoms with Crippen LogP contribution in [0.25, 0.3) is 0 Å². The molecule has 0 fully saturated rings. The van der Waals surface area contributed by atoms with Gasteiger partial charge in [-0.3, -0.25) is 9.59 Å². The summed E-state index contributed by atoms with van der Waals surface area (Å²) in [5, 5.41) is 10.9. The van der Waals surface area contributed by atoms with Crippen LogP contribution in [0.1, 0.15) is 36.7 Å². The van der Waals surface area contributed by atoms with Crippen LogP contribution in [0.15, 0.2) is 24.3 Å². The summed E-state index contributed by atoms with van der Waals surface area (Å²) < 4.78 is 0. The Morgan fingerprint density at radius 1 is 1.24 bits per heavy atom. The van der Waals surface area contributed by atoms with Crippen molar-refractivity contribution in [3.05, 3.63) is 35.4 Å². The third kappa shape index (κ3) is 3.59. The maximum absolute atomic E-state index is 11.8. The highest BCUT2D eigenvalue weighted by Crippen LogP contribution is 2.25. The fraction of sp³-hybridized carbons (Fsp3) is 0.385. The Labute approximate surface area is 101 Å². The average Bonchev–Trinajstić information content (AvgIpc) is 2.24. The SMILES string of the molecule is CC(C)(C)c1ccccc1C(=O)NCC(=O)O. The van der Waals surface area contributed by atoms with Gasteiger partial charge < -0.3 is 10.4 Å². The summed E-state index contributed by atoms with van der Waals surface area (Å²) in [5.41, 5.74) is 1.28. The molecule has 2 N–H and O–H groups in total. The molecule has 0 unspecified atom stereocenters. The van der Waals surface area contributed by atoms with E-state index in [1.165, 1.54) is 0 Å². The number of benzene rings is 1. The van der Waals surface area contributed by atoms with E-state index in [4.69, 9.17) is 5.11 Å². The molecule has 0 radical (unpaired) electrons. The summed E-state index contributed by atoms with van der Waals surface area (Å²) in [7, 11) is 0. The van der Waals surface area contributed by atoms with Crippen LogP contribution >= 0.6 is 0 Å². The van der Waals surface area contributed by atoms with Gasteiger partial charge in [-0.1, -0.05) is 39.0 Å². The van der Waals surface area contributed by atoms with Crippen molar-refractivity contribution in [2.45, 2.75) is 26.2 Å². The molecule has 0 aromatic heterocycles. The standard InChI is InChI=1S/C13H17NO3/c1-13(2,3)10-7-5-4-6-9(10)12(17)14-8-11(15)16/h4-7H,8H2,1-3H3,(H,14,17)(H,15,16). The largest absolute Gasteiger partial charge is 0.480 e. The first-order chi connectivity index (χ1) is 7.82. The molecule has 4 heteroatoms. The molecule has 92 valence electrons. The first-order valence-corrected chi connectivity index (χ1v) is 5.42. The zero-order valence-electron chi connectivity index (χ0n) is 10.3. The maximum atomic E-state index is 11.8. The van der Waals surface area contributed by atoms with Crippen molar-refractivity contribution in [2.24, 2.45) is 0 Å². The van der Waals surface area contributed by atoms with E-state index in [1.54, 1.807) is 12.1 Å². The van der Waals surface area contributed by atoms with Gasteiger partial charge in [-0.05, 0) is 17.0 Å². The summed E-state index contributed by atoms with van der Waals surface area (Å²) in [5.74, 6) is -1.40. The quantitative estimate of drug-likeness (QED) is 0.839. The van der Waals surface area contributed by atoms with Gasteiger partial charge in [0.1, 0.15) is 6.54 Å². The first kappa shape index (κ1) is 13.2. The minimum absolute atomic E-state index is 0.156. The van der Waals surface area contributed by atoms with E-state index in [9.17, 15) is 9.59 Å². The lowest BCUT2D eigenvalue weighted by molar-refractivity contribution is -0.135. The predicted molar refractivity (Wildman–Crippen MR) is 65.1 cm³/mol. The van der Waals surface area contributed by atoms with Crippen LogP contribution in [-0.4, -0.2) is 23.5 Å². The normalized spacial score (nSPS) is 11.0. The van der Waals surface area contributed by atoms with Gasteiger partial charge in [-0.2, -0.15) is 0 Å². The molecule has 0 heterocycles. The van der Waals surface area contributed by atoms with Gasteiger partial charge in [-0.15, -0.1) is 0 Å². The number of carbonyl (C=O) groups is 2. The highest BCUT2D eigenvalue weighted by Gasteiger charge is 2.21. The lowest BCUT2D eigenvalue weighted by Crippen LogP contribution is -2.31. The van der Waals surface area contributed by atoms with Gasteiger partial charge >= 0.3 is 5.97 Å². The summed E-state index contributed by atoms with van der Waals surface area (Å²) in [6, 6.07) is 7.23. The van der Waals surface area contributed by atoms with Crippen LogP contribution < -0.4 is 5.32 Å². The minimum Gasteiger partial charge on any atom is -0.480 e. The lowest BCUT2D eigenvalue weighted by atomic mass is 9.83. The molecule has 17 heavy (non-hydrogen) atoms. The highest BCUT2D eigenvalue weighted by atomic mass is 16.4. The molecule has 0 aliphatic carbocycles. The van der Waals surface area contributed by atoms with Gasteiger partial charge in [0.25, 0.3) is 5.91 Å². The molecule has 0 spiro atoms. The van der Waals surface area contributed by atoms with Crippen molar-refractivity contribution >= 4 is 11.9 Å². The number of carboxylic acid groups (broad SMARTS) is 1. The Bertz CT molecular complexity index is 433. The molecule has 0 bridgehead atoms. The molecule has 0 aliphatic heterocycles. The summed E-state index contributed by atoms with van der Waals surface area (Å²) in [6.45, 7) is 5.67. The summed E-state index contributed by atoms with van der Waals surface area (Å²) in [4.78, 5) is 22.2. The second kappa shape index (κ2) is 4.99. The Morgan fingerprint density at radius 2 is 1.82 bits per heavy atom. The third-order valence-corrected chi connectivity index (χ3v) is 2.38. The first-order valence-electron chi connectivity index (χ1n) is 5.42. The molecular formula is C13H17NO3. The Morgan fingerprint density at radius 3 is 2.35 bits per heavy atom. The third-order valence-electron chi connectivity index (χ3n) is 2.38. The molecular weight excluding hydrogens is 218 g/mol. The van der Waals surface area contributed by atoms with Crippen molar-refractivity contribution in [1.82, 2.24) is 5.32 Å². The van der Waals surface area contributed by atoms with Crippen LogP contribution in [0.4, 0.5) is 0 Å². The fourth-order valence-electron chi connectivity index (χ4n) is 1.59. The molecule has 0 atom stereocenters. The minimum atomic E-state index is -1.05. The van der Waals surface area contributed by atoms with Crippen molar-refractivity contribution in [3.8, 4) is 0 Å². The predicted octanol–water partition coefficient (Wildman–Crippen LogP) is 1.80. The highest BCUT2D eigenvalue weighted by molar-refractivity contribution is 5.97. The van der Waals surface area contributed by atoms with E-state index in [2.05, 4.69) is 5.32 Å². The van der Waals surface area contributed by atoms with Crippen LogP contribution in [0.3, 0.4) is 0 Å². The van der Waals surface area contributed by atoms with E-state index in [0.717, 1.165) is 5.56 Å².